The van der Waals surface area contributed by atoms with Gasteiger partial charge in [0.25, 0.3) is 0 Å². The molecule has 2 atom stereocenters. The summed E-state index contributed by atoms with van der Waals surface area (Å²) >= 11 is 1.69. The van der Waals surface area contributed by atoms with Crippen LogP contribution in [-0.4, -0.2) is 53.1 Å². The topological polar surface area (TPSA) is 93.0 Å². The lowest BCUT2D eigenvalue weighted by molar-refractivity contribution is -0.138. The molecular weight excluding hydrogens is 340 g/mol. The van der Waals surface area contributed by atoms with Crippen molar-refractivity contribution in [2.75, 3.05) is 5.75 Å². The van der Waals surface area contributed by atoms with Crippen LogP contribution in [0, 0.1) is 0 Å². The number of thioether (sulfide) groups is 1. The number of hydrogen-bond acceptors (Lipinski definition) is 6. The van der Waals surface area contributed by atoms with Gasteiger partial charge in [-0.1, -0.05) is 6.07 Å². The highest BCUT2D eigenvalue weighted by molar-refractivity contribution is 8.01. The summed E-state index contributed by atoms with van der Waals surface area (Å²) in [6.45, 7) is 2.42. The van der Waals surface area contributed by atoms with Crippen LogP contribution in [0.4, 0.5) is 0 Å². The van der Waals surface area contributed by atoms with Crippen molar-refractivity contribution in [2.24, 2.45) is 0 Å². The molecular formula is C16H18N6O2S. The number of aromatic nitrogens is 4. The third-order valence-corrected chi connectivity index (χ3v) is 6.18. The molecule has 4 heterocycles. The number of hydrogen-bond donors (Lipinski definition) is 1. The Labute approximate surface area is 149 Å². The van der Waals surface area contributed by atoms with Crippen molar-refractivity contribution >= 4 is 23.6 Å². The van der Waals surface area contributed by atoms with Crippen molar-refractivity contribution in [3.05, 3.63) is 36.5 Å². The van der Waals surface area contributed by atoms with E-state index in [1.54, 1.807) is 33.9 Å². The molecule has 130 valence electrons. The summed E-state index contributed by atoms with van der Waals surface area (Å²) in [6.07, 6.45) is 6.06. The molecule has 8 nitrogen and oxygen atoms in total. The van der Waals surface area contributed by atoms with Crippen LogP contribution in [0.15, 0.2) is 31.0 Å². The number of fused-ring (bicyclic) bond motifs is 1. The Morgan fingerprint density at radius 1 is 1.48 bits per heavy atom. The Balaban J connectivity index is 1.38. The summed E-state index contributed by atoms with van der Waals surface area (Å²) < 4.78 is 1.57. The average molecular weight is 358 g/mol. The van der Waals surface area contributed by atoms with E-state index in [0.717, 1.165) is 12.0 Å². The quantitative estimate of drug-likeness (QED) is 0.866. The third kappa shape index (κ3) is 2.88. The Morgan fingerprint density at radius 2 is 2.36 bits per heavy atom. The van der Waals surface area contributed by atoms with E-state index in [1.165, 1.54) is 6.33 Å². The standard InChI is InChI=1S/C16H18N6O2S/c1-16-5-4-14(23)22(16)12(8-25-16)15(24)19-7-11-2-3-13(18-6-11)21-10-17-9-20-21/h2-3,6,9-10,12H,4-5,7-8H2,1H3,(H,19,24). The molecule has 2 aromatic rings. The first-order valence-electron chi connectivity index (χ1n) is 8.11. The van der Waals surface area contributed by atoms with Gasteiger partial charge in [-0.25, -0.2) is 14.6 Å². The second kappa shape index (κ2) is 6.14. The fraction of sp³-hybridized carbons (Fsp3) is 0.438. The first kappa shape index (κ1) is 16.1. The number of nitrogens with zero attached hydrogens (tertiary/aromatic N) is 5. The van der Waals surface area contributed by atoms with Gasteiger partial charge in [0.15, 0.2) is 5.82 Å². The average Bonchev–Trinajstić information content (AvgIpc) is 3.32. The number of carbonyl (C=O) groups excluding carboxylic acids is 2. The van der Waals surface area contributed by atoms with Crippen LogP contribution < -0.4 is 5.32 Å². The molecule has 0 bridgehead atoms. The molecule has 0 spiro atoms. The van der Waals surface area contributed by atoms with Crippen LogP contribution >= 0.6 is 11.8 Å². The lowest BCUT2D eigenvalue weighted by Crippen LogP contribution is -2.49. The number of amides is 2. The maximum Gasteiger partial charge on any atom is 0.243 e. The van der Waals surface area contributed by atoms with E-state index < -0.39 is 0 Å². The first-order chi connectivity index (χ1) is 12.1. The lowest BCUT2D eigenvalue weighted by atomic mass is 10.2. The molecule has 4 rings (SSSR count). The van der Waals surface area contributed by atoms with Crippen molar-refractivity contribution < 1.29 is 9.59 Å². The largest absolute Gasteiger partial charge is 0.350 e. The van der Waals surface area contributed by atoms with E-state index in [9.17, 15) is 9.59 Å². The first-order valence-corrected chi connectivity index (χ1v) is 9.09. The number of pyridine rings is 1. The van der Waals surface area contributed by atoms with Gasteiger partial charge in [0, 0.05) is 24.9 Å². The molecule has 0 aromatic carbocycles. The smallest absolute Gasteiger partial charge is 0.243 e. The minimum atomic E-state index is -0.382. The van der Waals surface area contributed by atoms with Crippen molar-refractivity contribution in [2.45, 2.75) is 37.2 Å². The van der Waals surface area contributed by atoms with Gasteiger partial charge in [0.05, 0.1) is 4.87 Å². The molecule has 2 unspecified atom stereocenters. The van der Waals surface area contributed by atoms with Crippen LogP contribution in [0.25, 0.3) is 5.82 Å². The van der Waals surface area contributed by atoms with E-state index in [4.69, 9.17) is 0 Å². The van der Waals surface area contributed by atoms with Gasteiger partial charge >= 0.3 is 0 Å². The predicted molar refractivity (Wildman–Crippen MR) is 91.7 cm³/mol. The van der Waals surface area contributed by atoms with Crippen LogP contribution in [0.1, 0.15) is 25.3 Å². The molecule has 2 aliphatic rings. The van der Waals surface area contributed by atoms with E-state index in [1.807, 2.05) is 19.1 Å². The molecule has 25 heavy (non-hydrogen) atoms. The maximum absolute atomic E-state index is 12.5. The molecule has 2 fully saturated rings. The fourth-order valence-electron chi connectivity index (χ4n) is 3.30. The summed E-state index contributed by atoms with van der Waals surface area (Å²) in [5.41, 5.74) is 0.887. The van der Waals surface area contributed by atoms with Gasteiger partial charge in [-0.05, 0) is 25.0 Å². The van der Waals surface area contributed by atoms with Gasteiger partial charge in [-0.2, -0.15) is 5.10 Å². The number of carbonyl (C=O) groups is 2. The van der Waals surface area contributed by atoms with Crippen molar-refractivity contribution in [3.8, 4) is 5.82 Å². The van der Waals surface area contributed by atoms with Gasteiger partial charge in [0.2, 0.25) is 11.8 Å². The Bertz CT molecular complexity index is 793. The summed E-state index contributed by atoms with van der Waals surface area (Å²) in [5.74, 6) is 1.29. The second-order valence-electron chi connectivity index (χ2n) is 6.35. The maximum atomic E-state index is 12.5. The summed E-state index contributed by atoms with van der Waals surface area (Å²) in [7, 11) is 0. The van der Waals surface area contributed by atoms with Gasteiger partial charge in [-0.15, -0.1) is 11.8 Å². The highest BCUT2D eigenvalue weighted by atomic mass is 32.2. The van der Waals surface area contributed by atoms with Crippen LogP contribution in [0.3, 0.4) is 0 Å². The molecule has 9 heteroatoms. The third-order valence-electron chi connectivity index (χ3n) is 4.68. The lowest BCUT2D eigenvalue weighted by Gasteiger charge is -2.29. The van der Waals surface area contributed by atoms with E-state index in [2.05, 4.69) is 20.4 Å². The van der Waals surface area contributed by atoms with Crippen molar-refractivity contribution in [1.82, 2.24) is 30.0 Å². The Morgan fingerprint density at radius 3 is 3.08 bits per heavy atom. The zero-order chi connectivity index (χ0) is 17.4. The number of rotatable bonds is 4. The highest BCUT2D eigenvalue weighted by Crippen LogP contribution is 2.47. The number of nitrogens with one attached hydrogen (secondary N) is 1. The molecule has 0 aliphatic carbocycles. The monoisotopic (exact) mass is 358 g/mol. The summed E-state index contributed by atoms with van der Waals surface area (Å²) in [6, 6.07) is 3.33. The molecule has 2 aliphatic heterocycles. The van der Waals surface area contributed by atoms with E-state index in [-0.39, 0.29) is 22.7 Å². The fourth-order valence-corrected chi connectivity index (χ4v) is 4.74. The highest BCUT2D eigenvalue weighted by Gasteiger charge is 2.52. The molecule has 2 amide bonds. The molecule has 0 saturated carbocycles. The van der Waals surface area contributed by atoms with Crippen LogP contribution in [0.2, 0.25) is 0 Å². The van der Waals surface area contributed by atoms with Gasteiger partial charge < -0.3 is 10.2 Å². The second-order valence-corrected chi connectivity index (χ2v) is 7.85. The molecule has 0 radical (unpaired) electrons. The Hall–Kier alpha value is -2.42. The van der Waals surface area contributed by atoms with E-state index in [0.29, 0.717) is 24.5 Å². The zero-order valence-electron chi connectivity index (χ0n) is 13.8. The SMILES string of the molecule is CC12CCC(=O)N1C(C(=O)NCc1ccc(-n3cncn3)nc1)CS2. The predicted octanol–water partition coefficient (Wildman–Crippen LogP) is 0.732. The molecule has 1 N–H and O–H groups in total. The van der Waals surface area contributed by atoms with Gasteiger partial charge in [-0.3, -0.25) is 9.59 Å². The Kier molecular flexibility index (Phi) is 3.95. The van der Waals surface area contributed by atoms with Crippen molar-refractivity contribution in [1.29, 1.82) is 0 Å². The molecule has 2 aromatic heterocycles. The van der Waals surface area contributed by atoms with Gasteiger partial charge in [0.1, 0.15) is 18.7 Å². The van der Waals surface area contributed by atoms with Crippen LogP contribution in [0.5, 0.6) is 0 Å². The minimum Gasteiger partial charge on any atom is -0.350 e. The summed E-state index contributed by atoms with van der Waals surface area (Å²) in [4.78, 5) is 34.4. The van der Waals surface area contributed by atoms with Crippen LogP contribution in [-0.2, 0) is 16.1 Å². The molecule has 2 saturated heterocycles. The summed E-state index contributed by atoms with van der Waals surface area (Å²) in [5, 5.41) is 6.95. The van der Waals surface area contributed by atoms with Crippen molar-refractivity contribution in [3.63, 3.8) is 0 Å². The van der Waals surface area contributed by atoms with E-state index >= 15 is 0 Å². The normalized spacial score (nSPS) is 25.2. The zero-order valence-corrected chi connectivity index (χ0v) is 14.6. The minimum absolute atomic E-state index is 0.0755.